The minimum absolute atomic E-state index is 0.261. The Hall–Kier alpha value is -2.77. The number of carboxylic acid groups (broad SMARTS) is 1. The van der Waals surface area contributed by atoms with Crippen LogP contribution in [-0.2, 0) is 11.2 Å². The number of nitrogens with zero attached hydrogens (tertiary/aromatic N) is 2. The molecular formula is C31H40N2O4S. The Morgan fingerprint density at radius 3 is 2.58 bits per heavy atom. The van der Waals surface area contributed by atoms with Crippen molar-refractivity contribution in [3.05, 3.63) is 60.3 Å². The molecule has 2 atom stereocenters. The summed E-state index contributed by atoms with van der Waals surface area (Å²) in [6.07, 6.45) is 8.45. The fraction of sp³-hybridized carbons (Fsp3) is 0.484. The van der Waals surface area contributed by atoms with Gasteiger partial charge in [0.05, 0.1) is 19.7 Å². The molecule has 1 aliphatic heterocycles. The van der Waals surface area contributed by atoms with Gasteiger partial charge in [-0.3, -0.25) is 9.78 Å². The van der Waals surface area contributed by atoms with E-state index in [9.17, 15) is 9.90 Å². The zero-order valence-corrected chi connectivity index (χ0v) is 23.4. The van der Waals surface area contributed by atoms with E-state index in [1.54, 1.807) is 14.2 Å². The van der Waals surface area contributed by atoms with Crippen molar-refractivity contribution >= 4 is 28.6 Å². The van der Waals surface area contributed by atoms with Crippen LogP contribution < -0.4 is 9.47 Å². The maximum Gasteiger partial charge on any atom is 0.303 e. The molecule has 3 aromatic rings. The van der Waals surface area contributed by atoms with Crippen LogP contribution in [0.25, 0.3) is 10.9 Å². The van der Waals surface area contributed by atoms with Crippen LogP contribution in [0.15, 0.2) is 59.6 Å². The minimum atomic E-state index is -0.686. The number of carbonyl (C=O) groups is 1. The van der Waals surface area contributed by atoms with Gasteiger partial charge in [-0.15, -0.1) is 11.8 Å². The SMILES string of the molecule is COc1ccc(SCCCN2CC[C@@H](CCCc3ccnc4ccc(OC)cc34)[C@@H](CCC(=O)O)C2)cc1. The molecule has 4 rings (SSSR count). The van der Waals surface area contributed by atoms with E-state index >= 15 is 0 Å². The fourth-order valence-corrected chi connectivity index (χ4v) is 6.44. The number of thioether (sulfide) groups is 1. The van der Waals surface area contributed by atoms with Crippen LogP contribution in [0.4, 0.5) is 0 Å². The number of benzene rings is 2. The molecule has 0 bridgehead atoms. The van der Waals surface area contributed by atoms with E-state index in [4.69, 9.17) is 9.47 Å². The molecular weight excluding hydrogens is 496 g/mol. The number of piperidine rings is 1. The molecule has 1 aliphatic rings. The number of methoxy groups -OCH3 is 2. The van der Waals surface area contributed by atoms with Gasteiger partial charge in [-0.25, -0.2) is 0 Å². The van der Waals surface area contributed by atoms with Gasteiger partial charge in [0.2, 0.25) is 0 Å². The Morgan fingerprint density at radius 1 is 1.03 bits per heavy atom. The van der Waals surface area contributed by atoms with Crippen molar-refractivity contribution in [1.82, 2.24) is 9.88 Å². The Balaban J connectivity index is 1.27. The van der Waals surface area contributed by atoms with Crippen molar-refractivity contribution < 1.29 is 19.4 Å². The van der Waals surface area contributed by atoms with E-state index in [2.05, 4.69) is 34.1 Å². The lowest BCUT2D eigenvalue weighted by Gasteiger charge is -2.39. The Kier molecular flexibility index (Phi) is 10.7. The zero-order chi connectivity index (χ0) is 26.7. The van der Waals surface area contributed by atoms with Crippen LogP contribution in [0.1, 0.15) is 44.1 Å². The van der Waals surface area contributed by atoms with Crippen molar-refractivity contribution in [3.8, 4) is 11.5 Å². The number of hydrogen-bond donors (Lipinski definition) is 1. The molecule has 0 amide bonds. The van der Waals surface area contributed by atoms with Gasteiger partial charge in [0, 0.05) is 29.4 Å². The van der Waals surface area contributed by atoms with Gasteiger partial charge < -0.3 is 19.5 Å². The van der Waals surface area contributed by atoms with Crippen molar-refractivity contribution in [3.63, 3.8) is 0 Å². The predicted molar refractivity (Wildman–Crippen MR) is 154 cm³/mol. The topological polar surface area (TPSA) is 71.9 Å². The van der Waals surface area contributed by atoms with Gasteiger partial charge in [0.15, 0.2) is 0 Å². The van der Waals surface area contributed by atoms with Gasteiger partial charge in [-0.1, -0.05) is 0 Å². The lowest BCUT2D eigenvalue weighted by atomic mass is 9.79. The van der Waals surface area contributed by atoms with Gasteiger partial charge in [0.1, 0.15) is 11.5 Å². The first-order valence-corrected chi connectivity index (χ1v) is 14.7. The lowest BCUT2D eigenvalue weighted by molar-refractivity contribution is -0.137. The van der Waals surface area contributed by atoms with Crippen molar-refractivity contribution in [2.75, 3.05) is 39.6 Å². The second-order valence-electron chi connectivity index (χ2n) is 10.2. The van der Waals surface area contributed by atoms with E-state index in [-0.39, 0.29) is 6.42 Å². The first-order chi connectivity index (χ1) is 18.6. The first kappa shape index (κ1) is 28.2. The summed E-state index contributed by atoms with van der Waals surface area (Å²) in [5.74, 6) is 3.17. The third kappa shape index (κ3) is 8.11. The smallest absolute Gasteiger partial charge is 0.303 e. The Labute approximate surface area is 230 Å². The third-order valence-corrected chi connectivity index (χ3v) is 8.81. The number of likely N-dealkylation sites (tertiary alicyclic amines) is 1. The number of fused-ring (bicyclic) bond motifs is 1. The molecule has 1 N–H and O–H groups in total. The van der Waals surface area contributed by atoms with Crippen LogP contribution >= 0.6 is 11.8 Å². The summed E-state index contributed by atoms with van der Waals surface area (Å²) in [5.41, 5.74) is 2.31. The van der Waals surface area contributed by atoms with Gasteiger partial charge >= 0.3 is 5.97 Å². The van der Waals surface area contributed by atoms with Crippen LogP contribution in [0.3, 0.4) is 0 Å². The molecule has 0 spiro atoms. The second kappa shape index (κ2) is 14.4. The predicted octanol–water partition coefficient (Wildman–Crippen LogP) is 6.56. The highest BCUT2D eigenvalue weighted by molar-refractivity contribution is 7.99. The monoisotopic (exact) mass is 536 g/mol. The van der Waals surface area contributed by atoms with Crippen molar-refractivity contribution in [2.24, 2.45) is 11.8 Å². The molecule has 6 nitrogen and oxygen atoms in total. The summed E-state index contributed by atoms with van der Waals surface area (Å²) in [5, 5.41) is 10.5. The minimum Gasteiger partial charge on any atom is -0.497 e. The van der Waals surface area contributed by atoms with E-state index < -0.39 is 5.97 Å². The number of rotatable bonds is 14. The maximum absolute atomic E-state index is 11.4. The van der Waals surface area contributed by atoms with Crippen molar-refractivity contribution in [2.45, 2.75) is 49.8 Å². The summed E-state index contributed by atoms with van der Waals surface area (Å²) < 4.78 is 10.7. The fourth-order valence-electron chi connectivity index (χ4n) is 5.61. The number of aryl methyl sites for hydroxylation is 1. The van der Waals surface area contributed by atoms with E-state index in [1.165, 1.54) is 10.5 Å². The number of aliphatic carboxylic acids is 1. The highest BCUT2D eigenvalue weighted by atomic mass is 32.2. The van der Waals surface area contributed by atoms with Crippen LogP contribution in [0.2, 0.25) is 0 Å². The van der Waals surface area contributed by atoms with Crippen LogP contribution in [-0.4, -0.2) is 60.6 Å². The molecule has 2 aromatic carbocycles. The molecule has 7 heteroatoms. The largest absolute Gasteiger partial charge is 0.497 e. The Morgan fingerprint density at radius 2 is 1.82 bits per heavy atom. The van der Waals surface area contributed by atoms with Gasteiger partial charge in [-0.05, 0) is 123 Å². The number of ether oxygens (including phenoxy) is 2. The Bertz CT molecular complexity index is 1170. The standard InChI is InChI=1S/C31H40N2O4S/c1-36-26-8-11-28(12-9-26)38-20-4-18-33-19-16-23(25(22-33)7-14-31(34)35)5-3-6-24-15-17-32-30-13-10-27(37-2)21-29(24)30/h8-13,15,17,21,23,25H,3-7,14,16,18-20,22H2,1-2H3,(H,34,35)/t23-,25+/m1/s1. The van der Waals surface area contributed by atoms with Crippen molar-refractivity contribution in [1.29, 1.82) is 0 Å². The summed E-state index contributed by atoms with van der Waals surface area (Å²) in [6.45, 7) is 3.20. The maximum atomic E-state index is 11.4. The molecule has 1 fully saturated rings. The molecule has 204 valence electrons. The molecule has 1 aromatic heterocycles. The average molecular weight is 537 g/mol. The highest BCUT2D eigenvalue weighted by Gasteiger charge is 2.29. The van der Waals surface area contributed by atoms with Crippen LogP contribution in [0.5, 0.6) is 11.5 Å². The first-order valence-electron chi connectivity index (χ1n) is 13.7. The molecule has 0 saturated carbocycles. The van der Waals surface area contributed by atoms with Crippen LogP contribution in [0, 0.1) is 11.8 Å². The third-order valence-electron chi connectivity index (χ3n) is 7.71. The van der Waals surface area contributed by atoms with E-state index in [0.717, 1.165) is 86.3 Å². The van der Waals surface area contributed by atoms with E-state index in [0.29, 0.717) is 11.8 Å². The number of pyridine rings is 1. The van der Waals surface area contributed by atoms with E-state index in [1.807, 2.05) is 42.2 Å². The summed E-state index contributed by atoms with van der Waals surface area (Å²) in [7, 11) is 3.38. The number of hydrogen-bond acceptors (Lipinski definition) is 6. The number of aromatic nitrogens is 1. The van der Waals surface area contributed by atoms with Gasteiger partial charge in [0.25, 0.3) is 0 Å². The normalized spacial score (nSPS) is 17.9. The summed E-state index contributed by atoms with van der Waals surface area (Å²) >= 11 is 1.88. The molecule has 1 saturated heterocycles. The summed E-state index contributed by atoms with van der Waals surface area (Å²) in [4.78, 5) is 19.7. The zero-order valence-electron chi connectivity index (χ0n) is 22.6. The molecule has 0 aliphatic carbocycles. The molecule has 0 unspecified atom stereocenters. The highest BCUT2D eigenvalue weighted by Crippen LogP contribution is 2.33. The molecule has 0 radical (unpaired) electrons. The molecule has 2 heterocycles. The second-order valence-corrected chi connectivity index (χ2v) is 11.3. The quantitative estimate of drug-likeness (QED) is 0.185. The summed E-state index contributed by atoms with van der Waals surface area (Å²) in [6, 6.07) is 16.4. The average Bonchev–Trinajstić information content (AvgIpc) is 2.95. The molecule has 38 heavy (non-hydrogen) atoms. The lowest BCUT2D eigenvalue weighted by Crippen LogP contribution is -2.41. The van der Waals surface area contributed by atoms with Gasteiger partial charge in [-0.2, -0.15) is 0 Å². The number of carboxylic acids is 1.